The number of rotatable bonds is 8. The van der Waals surface area contributed by atoms with Gasteiger partial charge in [-0.2, -0.15) is 15.5 Å². The van der Waals surface area contributed by atoms with E-state index in [1.807, 2.05) is 35.4 Å². The minimum atomic E-state index is -0.551. The minimum absolute atomic E-state index is 0.0441. The summed E-state index contributed by atoms with van der Waals surface area (Å²) in [7, 11) is 0. The summed E-state index contributed by atoms with van der Waals surface area (Å²) >= 11 is 0. The molecule has 3 N–H and O–H groups in total. The average molecular weight is 477 g/mol. The summed E-state index contributed by atoms with van der Waals surface area (Å²) in [6.45, 7) is 8.34. The molecule has 0 unspecified atom stereocenters. The first-order valence-corrected chi connectivity index (χ1v) is 12.1. The molecule has 0 aliphatic carbocycles. The van der Waals surface area contributed by atoms with E-state index in [-0.39, 0.29) is 24.3 Å². The van der Waals surface area contributed by atoms with Crippen LogP contribution in [0.5, 0.6) is 0 Å². The Morgan fingerprint density at radius 2 is 2.06 bits per heavy atom. The molecule has 184 valence electrons. The second kappa shape index (κ2) is 10.2. The molecular weight excluding hydrogens is 444 g/mol. The molecule has 35 heavy (non-hydrogen) atoms. The fourth-order valence-electron chi connectivity index (χ4n) is 4.77. The van der Waals surface area contributed by atoms with E-state index in [2.05, 4.69) is 36.3 Å². The number of nitrogens with two attached hydrogens (primary N) is 1. The minimum Gasteiger partial charge on any atom is -0.379 e. The van der Waals surface area contributed by atoms with E-state index in [1.165, 1.54) is 6.20 Å². The maximum Gasteiger partial charge on any atom is 0.252 e. The fraction of sp³-hybridized carbons (Fsp3) is 0.480. The number of hydrogen-bond donors (Lipinski definition) is 2. The van der Waals surface area contributed by atoms with Crippen LogP contribution in [0.25, 0.3) is 16.6 Å². The van der Waals surface area contributed by atoms with Crippen LogP contribution in [0.4, 0.5) is 5.69 Å². The van der Waals surface area contributed by atoms with Crippen molar-refractivity contribution in [1.29, 1.82) is 5.26 Å². The van der Waals surface area contributed by atoms with E-state index in [9.17, 15) is 9.59 Å². The number of likely N-dealkylation sites (tertiary alicyclic amines) is 1. The van der Waals surface area contributed by atoms with Crippen LogP contribution in [-0.4, -0.2) is 55.2 Å². The second-order valence-electron chi connectivity index (χ2n) is 9.58. The van der Waals surface area contributed by atoms with Crippen molar-refractivity contribution in [2.75, 3.05) is 18.4 Å². The smallest absolute Gasteiger partial charge is 0.252 e. The van der Waals surface area contributed by atoms with E-state index >= 15 is 0 Å². The van der Waals surface area contributed by atoms with Crippen LogP contribution in [-0.2, 0) is 11.3 Å². The van der Waals surface area contributed by atoms with Gasteiger partial charge in [0.05, 0.1) is 35.2 Å². The average Bonchev–Trinajstić information content (AvgIpc) is 3.46. The highest BCUT2D eigenvalue weighted by molar-refractivity contribution is 6.02. The van der Waals surface area contributed by atoms with E-state index in [0.29, 0.717) is 36.7 Å². The summed E-state index contributed by atoms with van der Waals surface area (Å²) < 4.78 is 3.67. The van der Waals surface area contributed by atoms with Gasteiger partial charge in [-0.25, -0.2) is 4.52 Å². The molecule has 2 atom stereocenters. The number of primary amides is 1. The lowest BCUT2D eigenvalue weighted by atomic mass is 9.89. The van der Waals surface area contributed by atoms with Crippen LogP contribution < -0.4 is 11.1 Å². The summed E-state index contributed by atoms with van der Waals surface area (Å²) in [5, 5.41) is 21.3. The molecule has 10 nitrogen and oxygen atoms in total. The van der Waals surface area contributed by atoms with Gasteiger partial charge in [0.1, 0.15) is 6.42 Å². The highest BCUT2D eigenvalue weighted by Gasteiger charge is 2.31. The molecule has 1 aliphatic rings. The van der Waals surface area contributed by atoms with Crippen molar-refractivity contribution in [2.24, 2.45) is 17.6 Å². The number of anilines is 1. The van der Waals surface area contributed by atoms with Gasteiger partial charge in [-0.3, -0.25) is 14.3 Å². The Labute approximate surface area is 204 Å². The Kier molecular flexibility index (Phi) is 7.05. The van der Waals surface area contributed by atoms with Gasteiger partial charge in [0.15, 0.2) is 0 Å². The molecule has 0 spiro atoms. The van der Waals surface area contributed by atoms with Crippen molar-refractivity contribution in [3.63, 3.8) is 0 Å². The summed E-state index contributed by atoms with van der Waals surface area (Å²) in [6.07, 6.45) is 8.71. The maximum absolute atomic E-state index is 12.3. The zero-order valence-corrected chi connectivity index (χ0v) is 20.4. The highest BCUT2D eigenvalue weighted by Crippen LogP contribution is 2.31. The van der Waals surface area contributed by atoms with E-state index in [1.54, 1.807) is 9.42 Å². The number of aromatic nitrogens is 4. The number of nitriles is 1. The van der Waals surface area contributed by atoms with Crippen molar-refractivity contribution in [2.45, 2.75) is 52.6 Å². The molecule has 1 saturated heterocycles. The molecule has 0 aromatic carbocycles. The van der Waals surface area contributed by atoms with Crippen LogP contribution in [0.3, 0.4) is 0 Å². The molecular formula is C25H32N8O2. The van der Waals surface area contributed by atoms with Crippen molar-refractivity contribution >= 4 is 23.0 Å². The second-order valence-corrected chi connectivity index (χ2v) is 9.58. The monoisotopic (exact) mass is 476 g/mol. The van der Waals surface area contributed by atoms with E-state index < -0.39 is 5.91 Å². The quantitative estimate of drug-likeness (QED) is 0.513. The Morgan fingerprint density at radius 3 is 2.74 bits per heavy atom. The number of hydrogen-bond acceptors (Lipinski definition) is 6. The van der Waals surface area contributed by atoms with Crippen molar-refractivity contribution in [3.8, 4) is 17.2 Å². The molecule has 0 saturated carbocycles. The van der Waals surface area contributed by atoms with Crippen LogP contribution >= 0.6 is 0 Å². The molecule has 0 radical (unpaired) electrons. The molecule has 3 aromatic heterocycles. The van der Waals surface area contributed by atoms with Crippen molar-refractivity contribution in [1.82, 2.24) is 24.3 Å². The number of carbonyl (C=O) groups excluding carboxylic acids is 2. The number of nitrogens with zero attached hydrogens (tertiary/aromatic N) is 6. The number of piperidine rings is 1. The first kappa shape index (κ1) is 24.3. The van der Waals surface area contributed by atoms with Gasteiger partial charge in [-0.05, 0) is 30.7 Å². The first-order valence-electron chi connectivity index (χ1n) is 12.1. The lowest BCUT2D eigenvalue weighted by Gasteiger charge is -2.39. The Morgan fingerprint density at radius 1 is 1.26 bits per heavy atom. The summed E-state index contributed by atoms with van der Waals surface area (Å²) in [6, 6.07) is 3.98. The Balaban J connectivity index is 1.65. The van der Waals surface area contributed by atoms with Gasteiger partial charge in [-0.15, -0.1) is 0 Å². The summed E-state index contributed by atoms with van der Waals surface area (Å²) in [5.41, 5.74) is 9.36. The summed E-state index contributed by atoms with van der Waals surface area (Å²) in [4.78, 5) is 26.3. The van der Waals surface area contributed by atoms with E-state index in [4.69, 9.17) is 11.0 Å². The molecule has 2 amide bonds. The van der Waals surface area contributed by atoms with Crippen molar-refractivity contribution < 1.29 is 9.59 Å². The van der Waals surface area contributed by atoms with Gasteiger partial charge in [0.2, 0.25) is 5.91 Å². The lowest BCUT2D eigenvalue weighted by Crippen LogP contribution is -2.48. The maximum atomic E-state index is 12.3. The topological polar surface area (TPSA) is 134 Å². The van der Waals surface area contributed by atoms with Crippen LogP contribution in [0.15, 0.2) is 30.9 Å². The fourth-order valence-corrected chi connectivity index (χ4v) is 4.77. The van der Waals surface area contributed by atoms with Gasteiger partial charge < -0.3 is 16.0 Å². The molecule has 4 rings (SSSR count). The van der Waals surface area contributed by atoms with Gasteiger partial charge >= 0.3 is 0 Å². The number of amides is 2. The van der Waals surface area contributed by atoms with E-state index in [0.717, 1.165) is 29.6 Å². The zero-order valence-electron chi connectivity index (χ0n) is 20.4. The third-order valence-electron chi connectivity index (χ3n) is 6.59. The normalized spacial score (nSPS) is 18.1. The Hall–Kier alpha value is -3.87. The molecule has 3 aromatic rings. The molecule has 1 aliphatic heterocycles. The van der Waals surface area contributed by atoms with Crippen LogP contribution in [0.2, 0.25) is 0 Å². The standard InChI is InChI=1S/C25H32N8O2/c1-4-17-13-31(23(34)5-7-26)8-6-21(17)30-24-20(25(27)35)11-29-33-15-18(9-22(24)33)19-10-28-32(14-19)12-16(2)3/h9-11,14-17,21,30H,4-6,8,12-13H2,1-3H3,(H2,27,35)/t17-,21-/m1/s1. The summed E-state index contributed by atoms with van der Waals surface area (Å²) in [5.74, 6) is -0.0314. The molecule has 0 bridgehead atoms. The first-order chi connectivity index (χ1) is 16.8. The Bertz CT molecular complexity index is 1270. The molecule has 1 fully saturated rings. The third-order valence-corrected chi connectivity index (χ3v) is 6.59. The predicted molar refractivity (Wildman–Crippen MR) is 132 cm³/mol. The van der Waals surface area contributed by atoms with Gasteiger partial charge in [0, 0.05) is 49.2 Å². The number of nitrogens with one attached hydrogen (secondary N) is 1. The zero-order chi connectivity index (χ0) is 25.1. The van der Waals surface area contributed by atoms with Gasteiger partial charge in [0.25, 0.3) is 5.91 Å². The van der Waals surface area contributed by atoms with Crippen LogP contribution in [0, 0.1) is 23.2 Å². The van der Waals surface area contributed by atoms with Crippen LogP contribution in [0.1, 0.15) is 50.4 Å². The number of carbonyl (C=O) groups is 2. The molecule has 4 heterocycles. The third kappa shape index (κ3) is 5.14. The number of fused-ring (bicyclic) bond motifs is 1. The highest BCUT2D eigenvalue weighted by atomic mass is 16.2. The lowest BCUT2D eigenvalue weighted by molar-refractivity contribution is -0.132. The van der Waals surface area contributed by atoms with Crippen molar-refractivity contribution in [3.05, 3.63) is 36.4 Å². The predicted octanol–water partition coefficient (Wildman–Crippen LogP) is 2.91. The SMILES string of the molecule is CC[C@@H]1CN(C(=O)CC#N)CC[C@H]1Nc1c(C(N)=O)cnn2cc(-c3cnn(CC(C)C)c3)cc12. The largest absolute Gasteiger partial charge is 0.379 e. The molecule has 10 heteroatoms. The van der Waals surface area contributed by atoms with Gasteiger partial charge in [-0.1, -0.05) is 20.8 Å².